The molecule has 1 aliphatic carbocycles. The summed E-state index contributed by atoms with van der Waals surface area (Å²) in [5.41, 5.74) is 1.64. The number of hydrogen-bond acceptors (Lipinski definition) is 3. The molecule has 0 fully saturated rings. The molecule has 1 aliphatic rings. The van der Waals surface area contributed by atoms with E-state index in [-0.39, 0.29) is 17.0 Å². The largest absolute Gasteiger partial charge is 0.336 e. The summed E-state index contributed by atoms with van der Waals surface area (Å²) in [5.74, 6) is 0.0854. The van der Waals surface area contributed by atoms with Crippen LogP contribution in [0.15, 0.2) is 24.3 Å². The molecule has 20 heavy (non-hydrogen) atoms. The van der Waals surface area contributed by atoms with Gasteiger partial charge in [0, 0.05) is 12.1 Å². The van der Waals surface area contributed by atoms with E-state index in [1.54, 1.807) is 18.2 Å². The highest BCUT2D eigenvalue weighted by Crippen LogP contribution is 2.37. The maximum absolute atomic E-state index is 13.6. The summed E-state index contributed by atoms with van der Waals surface area (Å²) < 4.78 is 13.6. The molecule has 4 nitrogen and oxygen atoms in total. The number of aromatic amines is 1. The van der Waals surface area contributed by atoms with Gasteiger partial charge in [-0.2, -0.15) is 5.10 Å². The second-order valence-corrected chi connectivity index (χ2v) is 5.97. The number of halogens is 1. The number of carbonyl (C=O) groups is 1. The summed E-state index contributed by atoms with van der Waals surface area (Å²) in [7, 11) is 0. The second kappa shape index (κ2) is 4.44. The molecule has 0 spiro atoms. The maximum atomic E-state index is 13.6. The van der Waals surface area contributed by atoms with Crippen molar-refractivity contribution in [3.63, 3.8) is 0 Å². The van der Waals surface area contributed by atoms with Crippen molar-refractivity contribution >= 4 is 17.3 Å². The minimum Gasteiger partial charge on any atom is -0.336 e. The van der Waals surface area contributed by atoms with Gasteiger partial charge in [0.05, 0.1) is 11.3 Å². The lowest BCUT2D eigenvalue weighted by molar-refractivity contribution is 0.0912. The zero-order valence-electron chi connectivity index (χ0n) is 11.5. The summed E-state index contributed by atoms with van der Waals surface area (Å²) in [5, 5.41) is 9.92. The number of rotatable bonds is 2. The van der Waals surface area contributed by atoms with Crippen molar-refractivity contribution in [2.75, 3.05) is 5.32 Å². The number of para-hydroxylation sites is 1. The fourth-order valence-electron chi connectivity index (χ4n) is 2.65. The van der Waals surface area contributed by atoms with Crippen molar-refractivity contribution in [2.45, 2.75) is 26.7 Å². The lowest BCUT2D eigenvalue weighted by Crippen LogP contribution is -2.26. The SMILES string of the molecule is CC1(C)CC(=O)c2c(Nc3ccccc3F)n[nH]c2C1. The van der Waals surface area contributed by atoms with Crippen LogP contribution < -0.4 is 5.32 Å². The highest BCUT2D eigenvalue weighted by molar-refractivity contribution is 6.03. The Balaban J connectivity index is 1.96. The Morgan fingerprint density at radius 3 is 2.80 bits per heavy atom. The van der Waals surface area contributed by atoms with Crippen LogP contribution in [0.3, 0.4) is 0 Å². The molecular formula is C15H16FN3O. The van der Waals surface area contributed by atoms with Gasteiger partial charge in [-0.1, -0.05) is 26.0 Å². The van der Waals surface area contributed by atoms with E-state index in [1.165, 1.54) is 6.07 Å². The number of carbonyl (C=O) groups excluding carboxylic acids is 1. The molecule has 1 heterocycles. The highest BCUT2D eigenvalue weighted by atomic mass is 19.1. The van der Waals surface area contributed by atoms with E-state index in [0.717, 1.165) is 12.1 Å². The molecule has 5 heteroatoms. The number of nitrogens with one attached hydrogen (secondary N) is 2. The number of hydrogen-bond donors (Lipinski definition) is 2. The van der Waals surface area contributed by atoms with Crippen molar-refractivity contribution in [2.24, 2.45) is 5.41 Å². The summed E-state index contributed by atoms with van der Waals surface area (Å²) in [6.07, 6.45) is 1.24. The van der Waals surface area contributed by atoms with Crippen LogP contribution in [0.25, 0.3) is 0 Å². The minimum atomic E-state index is -0.368. The molecule has 0 radical (unpaired) electrons. The van der Waals surface area contributed by atoms with Crippen LogP contribution >= 0.6 is 0 Å². The van der Waals surface area contributed by atoms with E-state index in [4.69, 9.17) is 0 Å². The number of ketones is 1. The fourth-order valence-corrected chi connectivity index (χ4v) is 2.65. The van der Waals surface area contributed by atoms with Gasteiger partial charge in [-0.15, -0.1) is 0 Å². The third kappa shape index (κ3) is 2.19. The van der Waals surface area contributed by atoms with Crippen LogP contribution in [0.2, 0.25) is 0 Å². The summed E-state index contributed by atoms with van der Waals surface area (Å²) in [6.45, 7) is 4.11. The van der Waals surface area contributed by atoms with Gasteiger partial charge in [0.2, 0.25) is 0 Å². The van der Waals surface area contributed by atoms with Gasteiger partial charge in [0.1, 0.15) is 5.82 Å². The Morgan fingerprint density at radius 2 is 2.05 bits per heavy atom. The van der Waals surface area contributed by atoms with E-state index >= 15 is 0 Å². The highest BCUT2D eigenvalue weighted by Gasteiger charge is 2.34. The van der Waals surface area contributed by atoms with Crippen LogP contribution in [-0.2, 0) is 6.42 Å². The van der Waals surface area contributed by atoms with E-state index in [2.05, 4.69) is 29.4 Å². The molecule has 1 aromatic heterocycles. The average molecular weight is 273 g/mol. The molecule has 0 bridgehead atoms. The van der Waals surface area contributed by atoms with Gasteiger partial charge in [0.25, 0.3) is 0 Å². The molecule has 0 unspecified atom stereocenters. The van der Waals surface area contributed by atoms with Crippen LogP contribution in [0.1, 0.15) is 36.3 Å². The quantitative estimate of drug-likeness (QED) is 0.881. The Bertz CT molecular complexity index is 676. The molecular weight excluding hydrogens is 257 g/mol. The molecule has 0 amide bonds. The first-order chi connectivity index (χ1) is 9.46. The Hall–Kier alpha value is -2.17. The number of H-pyrrole nitrogens is 1. The summed E-state index contributed by atoms with van der Waals surface area (Å²) >= 11 is 0. The van der Waals surface area contributed by atoms with E-state index in [1.807, 2.05) is 0 Å². The predicted molar refractivity (Wildman–Crippen MR) is 74.7 cm³/mol. The maximum Gasteiger partial charge on any atom is 0.169 e. The first kappa shape index (κ1) is 12.8. The second-order valence-electron chi connectivity index (χ2n) is 5.97. The molecule has 0 atom stereocenters. The molecule has 2 N–H and O–H groups in total. The third-order valence-electron chi connectivity index (χ3n) is 3.54. The van der Waals surface area contributed by atoms with Gasteiger partial charge in [-0.25, -0.2) is 4.39 Å². The van der Waals surface area contributed by atoms with Gasteiger partial charge < -0.3 is 5.32 Å². The fraction of sp³-hybridized carbons (Fsp3) is 0.333. The normalized spacial score (nSPS) is 16.9. The standard InChI is InChI=1S/C15H16FN3O/c1-15(2)7-11-13(12(20)8-15)14(19-18-11)17-10-6-4-3-5-9(10)16/h3-6H,7-8H2,1-2H3,(H2,17,18,19). The van der Waals surface area contributed by atoms with E-state index < -0.39 is 0 Å². The molecule has 0 saturated carbocycles. The number of aromatic nitrogens is 2. The van der Waals surface area contributed by atoms with Crippen molar-refractivity contribution in [3.8, 4) is 0 Å². The van der Waals surface area contributed by atoms with Gasteiger partial charge in [0.15, 0.2) is 11.6 Å². The zero-order chi connectivity index (χ0) is 14.3. The molecule has 2 aromatic rings. The number of anilines is 2. The predicted octanol–water partition coefficient (Wildman–Crippen LogP) is 3.45. The van der Waals surface area contributed by atoms with E-state index in [9.17, 15) is 9.18 Å². The lowest BCUT2D eigenvalue weighted by Gasteiger charge is -2.27. The minimum absolute atomic E-state index is 0.0452. The van der Waals surface area contributed by atoms with Gasteiger partial charge in [-0.3, -0.25) is 9.89 Å². The summed E-state index contributed by atoms with van der Waals surface area (Å²) in [4.78, 5) is 12.3. The van der Waals surface area contributed by atoms with Gasteiger partial charge in [-0.05, 0) is 24.0 Å². The van der Waals surface area contributed by atoms with Crippen LogP contribution in [-0.4, -0.2) is 16.0 Å². The van der Waals surface area contributed by atoms with E-state index in [0.29, 0.717) is 23.5 Å². The average Bonchev–Trinajstić information content (AvgIpc) is 2.73. The topological polar surface area (TPSA) is 57.8 Å². The number of nitrogens with zero attached hydrogens (tertiary/aromatic N) is 1. The number of benzene rings is 1. The Morgan fingerprint density at radius 1 is 1.30 bits per heavy atom. The lowest BCUT2D eigenvalue weighted by atomic mass is 9.76. The molecule has 3 rings (SSSR count). The number of fused-ring (bicyclic) bond motifs is 1. The van der Waals surface area contributed by atoms with Gasteiger partial charge >= 0.3 is 0 Å². The Labute approximate surface area is 116 Å². The van der Waals surface area contributed by atoms with Crippen molar-refractivity contribution in [1.82, 2.24) is 10.2 Å². The van der Waals surface area contributed by atoms with Crippen LogP contribution in [0.5, 0.6) is 0 Å². The van der Waals surface area contributed by atoms with Crippen LogP contribution in [0.4, 0.5) is 15.9 Å². The monoisotopic (exact) mass is 273 g/mol. The van der Waals surface area contributed by atoms with Crippen molar-refractivity contribution in [1.29, 1.82) is 0 Å². The first-order valence-electron chi connectivity index (χ1n) is 6.58. The first-order valence-corrected chi connectivity index (χ1v) is 6.58. The van der Waals surface area contributed by atoms with Crippen LogP contribution in [0, 0.1) is 11.2 Å². The molecule has 104 valence electrons. The molecule has 0 aliphatic heterocycles. The van der Waals surface area contributed by atoms with Crippen molar-refractivity contribution in [3.05, 3.63) is 41.3 Å². The summed E-state index contributed by atoms with van der Waals surface area (Å²) in [6, 6.07) is 6.34. The Kier molecular flexibility index (Phi) is 2.85. The smallest absolute Gasteiger partial charge is 0.169 e. The number of Topliss-reactive ketones (excluding diaryl/α,β-unsaturated/α-hetero) is 1. The van der Waals surface area contributed by atoms with Crippen molar-refractivity contribution < 1.29 is 9.18 Å². The molecule has 0 saturated heterocycles. The third-order valence-corrected chi connectivity index (χ3v) is 3.54. The molecule has 1 aromatic carbocycles. The zero-order valence-corrected chi connectivity index (χ0v) is 11.5.